The van der Waals surface area contributed by atoms with Gasteiger partial charge in [0.1, 0.15) is 5.76 Å². The third-order valence-corrected chi connectivity index (χ3v) is 4.72. The molecule has 0 bridgehead atoms. The van der Waals surface area contributed by atoms with E-state index in [1.165, 1.54) is 36.8 Å². The summed E-state index contributed by atoms with van der Waals surface area (Å²) >= 11 is 0. The minimum absolute atomic E-state index is 0.811. The molecule has 0 aliphatic heterocycles. The summed E-state index contributed by atoms with van der Waals surface area (Å²) < 4.78 is 7.80. The summed E-state index contributed by atoms with van der Waals surface area (Å²) in [4.78, 5) is 4.31. The van der Waals surface area contributed by atoms with Crippen LogP contribution in [0.2, 0.25) is 0 Å². The van der Waals surface area contributed by atoms with Crippen molar-refractivity contribution in [2.45, 2.75) is 45.4 Å². The summed E-state index contributed by atoms with van der Waals surface area (Å²) in [7, 11) is 1.97. The maximum atomic E-state index is 5.84. The number of hydrogen-bond acceptors (Lipinski definition) is 2. The number of rotatable bonds is 9. The van der Waals surface area contributed by atoms with Crippen molar-refractivity contribution in [2.75, 3.05) is 0 Å². The first kappa shape index (κ1) is 18.2. The molecule has 0 atom stereocenters. The Morgan fingerprint density at radius 2 is 1.81 bits per heavy atom. The highest BCUT2D eigenvalue weighted by Crippen LogP contribution is 2.21. The van der Waals surface area contributed by atoms with Crippen molar-refractivity contribution in [3.05, 3.63) is 71.8 Å². The van der Waals surface area contributed by atoms with Gasteiger partial charge < -0.3 is 8.98 Å². The van der Waals surface area contributed by atoms with Crippen molar-refractivity contribution < 1.29 is 4.42 Å². The lowest BCUT2D eigenvalue weighted by Gasteiger charge is -2.02. The van der Waals surface area contributed by atoms with Crippen LogP contribution >= 0.6 is 0 Å². The van der Waals surface area contributed by atoms with E-state index < -0.39 is 0 Å². The molecule has 0 spiro atoms. The van der Waals surface area contributed by atoms with Gasteiger partial charge in [0.25, 0.3) is 0 Å². The average molecular weight is 348 g/mol. The molecule has 26 heavy (non-hydrogen) atoms. The Morgan fingerprint density at radius 3 is 2.54 bits per heavy atom. The topological polar surface area (TPSA) is 31.0 Å². The Bertz CT molecular complexity index is 824. The van der Waals surface area contributed by atoms with Gasteiger partial charge in [-0.15, -0.1) is 0 Å². The number of benzene rings is 1. The monoisotopic (exact) mass is 348 g/mol. The van der Waals surface area contributed by atoms with Crippen molar-refractivity contribution in [2.24, 2.45) is 7.05 Å². The number of aromatic nitrogens is 2. The molecule has 2 heterocycles. The van der Waals surface area contributed by atoms with Gasteiger partial charge in [0.05, 0.1) is 0 Å². The molecule has 0 saturated heterocycles. The molecule has 0 amide bonds. The quantitative estimate of drug-likeness (QED) is 0.440. The Hall–Kier alpha value is -2.55. The Kier molecular flexibility index (Phi) is 6.48. The lowest BCUT2D eigenvalue weighted by Crippen LogP contribution is -1.88. The molecule has 0 aliphatic rings. The maximum absolute atomic E-state index is 5.84. The molecule has 3 nitrogen and oxygen atoms in total. The van der Waals surface area contributed by atoms with E-state index in [9.17, 15) is 0 Å². The van der Waals surface area contributed by atoms with E-state index in [0.29, 0.717) is 0 Å². The molecular weight excluding hydrogens is 320 g/mol. The van der Waals surface area contributed by atoms with Gasteiger partial charge in [-0.05, 0) is 61.4 Å². The fourth-order valence-corrected chi connectivity index (χ4v) is 3.07. The third kappa shape index (κ3) is 4.98. The number of allylic oxidation sites excluding steroid dienone is 1. The van der Waals surface area contributed by atoms with Gasteiger partial charge in [-0.1, -0.05) is 43.7 Å². The van der Waals surface area contributed by atoms with Gasteiger partial charge in [0.2, 0.25) is 0 Å². The first-order valence-electron chi connectivity index (χ1n) is 9.58. The van der Waals surface area contributed by atoms with Crippen LogP contribution in [-0.2, 0) is 19.9 Å². The number of aryl methyl sites for hydroxylation is 3. The predicted octanol–water partition coefficient (Wildman–Crippen LogP) is 6.06. The van der Waals surface area contributed by atoms with Crippen LogP contribution in [0.4, 0.5) is 0 Å². The van der Waals surface area contributed by atoms with Gasteiger partial charge in [0.15, 0.2) is 11.6 Å². The summed E-state index contributed by atoms with van der Waals surface area (Å²) in [6.07, 6.45) is 15.1. The normalized spacial score (nSPS) is 11.5. The van der Waals surface area contributed by atoms with Gasteiger partial charge in [-0.3, -0.25) is 0 Å². The van der Waals surface area contributed by atoms with E-state index in [2.05, 4.69) is 48.3 Å². The Labute approximate surface area is 156 Å². The Balaban J connectivity index is 1.36. The average Bonchev–Trinajstić information content (AvgIpc) is 3.30. The van der Waals surface area contributed by atoms with Crippen LogP contribution in [0.5, 0.6) is 0 Å². The summed E-state index contributed by atoms with van der Waals surface area (Å²) in [5, 5.41) is 0. The minimum atomic E-state index is 0.811. The number of nitrogens with zero attached hydrogens (tertiary/aromatic N) is 2. The van der Waals surface area contributed by atoms with E-state index in [0.717, 1.165) is 30.2 Å². The molecule has 0 fully saturated rings. The molecule has 0 aliphatic carbocycles. The smallest absolute Gasteiger partial charge is 0.175 e. The number of imidazole rings is 1. The Morgan fingerprint density at radius 1 is 1.00 bits per heavy atom. The zero-order chi connectivity index (χ0) is 18.2. The minimum Gasteiger partial charge on any atom is -0.453 e. The van der Waals surface area contributed by atoms with Gasteiger partial charge in [-0.25, -0.2) is 4.98 Å². The number of hydrogen-bond donors (Lipinski definition) is 0. The fourth-order valence-electron chi connectivity index (χ4n) is 3.07. The van der Waals surface area contributed by atoms with Crippen LogP contribution in [-0.4, -0.2) is 9.55 Å². The van der Waals surface area contributed by atoms with Crippen molar-refractivity contribution in [3.63, 3.8) is 0 Å². The van der Waals surface area contributed by atoms with E-state index in [1.807, 2.05) is 29.9 Å². The molecule has 0 unspecified atom stereocenters. The molecule has 0 radical (unpaired) electrons. The van der Waals surface area contributed by atoms with Crippen molar-refractivity contribution >= 4 is 6.08 Å². The van der Waals surface area contributed by atoms with Crippen LogP contribution in [0, 0.1) is 0 Å². The molecule has 3 aromatic rings. The lowest BCUT2D eigenvalue weighted by molar-refractivity contribution is 0.563. The summed E-state index contributed by atoms with van der Waals surface area (Å²) in [5.41, 5.74) is 2.87. The number of furan rings is 1. The van der Waals surface area contributed by atoms with Crippen LogP contribution in [0.15, 0.2) is 59.3 Å². The van der Waals surface area contributed by atoms with Gasteiger partial charge in [-0.2, -0.15) is 0 Å². The standard InChI is InChI=1S/C23H28N2O/c1-3-19-11-13-20(14-12-19)9-7-5-4-6-8-10-21-15-16-22(26-21)23-24-17-18-25(23)2/h8,10-18H,3-7,9H2,1-2H3. The number of unbranched alkanes of at least 4 members (excludes halogenated alkanes) is 3. The third-order valence-electron chi connectivity index (χ3n) is 4.72. The SMILES string of the molecule is CCc1ccc(CCCCCC=Cc2ccc(-c3nccn3C)o2)cc1. The second-order valence-electron chi connectivity index (χ2n) is 6.74. The second-order valence-corrected chi connectivity index (χ2v) is 6.74. The molecule has 1 aromatic carbocycles. The lowest BCUT2D eigenvalue weighted by atomic mass is 10.0. The molecule has 3 heteroatoms. The van der Waals surface area contributed by atoms with E-state index >= 15 is 0 Å². The largest absolute Gasteiger partial charge is 0.453 e. The molecular formula is C23H28N2O. The second kappa shape index (κ2) is 9.23. The first-order valence-corrected chi connectivity index (χ1v) is 9.58. The van der Waals surface area contributed by atoms with Crippen LogP contribution in [0.25, 0.3) is 17.7 Å². The van der Waals surface area contributed by atoms with Crippen LogP contribution in [0.1, 0.15) is 49.5 Å². The predicted molar refractivity (Wildman–Crippen MR) is 108 cm³/mol. The molecule has 136 valence electrons. The highest BCUT2D eigenvalue weighted by atomic mass is 16.3. The van der Waals surface area contributed by atoms with E-state index in [1.54, 1.807) is 6.20 Å². The summed E-state index contributed by atoms with van der Waals surface area (Å²) in [6, 6.07) is 13.0. The van der Waals surface area contributed by atoms with Gasteiger partial charge >= 0.3 is 0 Å². The first-order chi connectivity index (χ1) is 12.8. The molecule has 3 rings (SSSR count). The highest BCUT2D eigenvalue weighted by Gasteiger charge is 2.07. The highest BCUT2D eigenvalue weighted by molar-refractivity contribution is 5.53. The zero-order valence-corrected chi connectivity index (χ0v) is 15.8. The summed E-state index contributed by atoms with van der Waals surface area (Å²) in [5.74, 6) is 2.56. The van der Waals surface area contributed by atoms with Crippen molar-refractivity contribution in [1.82, 2.24) is 9.55 Å². The zero-order valence-electron chi connectivity index (χ0n) is 15.8. The van der Waals surface area contributed by atoms with Crippen LogP contribution in [0.3, 0.4) is 0 Å². The fraction of sp³-hybridized carbons (Fsp3) is 0.348. The molecule has 0 saturated carbocycles. The maximum Gasteiger partial charge on any atom is 0.175 e. The molecule has 2 aromatic heterocycles. The van der Waals surface area contributed by atoms with Crippen LogP contribution < -0.4 is 0 Å². The van der Waals surface area contributed by atoms with E-state index in [4.69, 9.17) is 4.42 Å². The van der Waals surface area contributed by atoms with Crippen molar-refractivity contribution in [1.29, 1.82) is 0 Å². The summed E-state index contributed by atoms with van der Waals surface area (Å²) in [6.45, 7) is 2.20. The van der Waals surface area contributed by atoms with Gasteiger partial charge in [0, 0.05) is 19.4 Å². The van der Waals surface area contributed by atoms with E-state index in [-0.39, 0.29) is 0 Å². The molecule has 0 N–H and O–H groups in total. The van der Waals surface area contributed by atoms with Crippen molar-refractivity contribution in [3.8, 4) is 11.6 Å².